The summed E-state index contributed by atoms with van der Waals surface area (Å²) in [5, 5.41) is 13.5. The Balaban J connectivity index is 1.40. The zero-order valence-corrected chi connectivity index (χ0v) is 18.2. The van der Waals surface area contributed by atoms with Crippen molar-refractivity contribution < 1.29 is 9.84 Å². The molecule has 1 aromatic rings. The maximum absolute atomic E-state index is 9.89. The predicted octanol–water partition coefficient (Wildman–Crippen LogP) is 6.77. The molecule has 0 bridgehead atoms. The van der Waals surface area contributed by atoms with Gasteiger partial charge in [0.25, 0.3) is 0 Å². The fourth-order valence-electron chi connectivity index (χ4n) is 3.70. The van der Waals surface area contributed by atoms with E-state index in [1.807, 2.05) is 6.07 Å². The number of unbranched alkanes of at least 4 members (excludes halogenated alkanes) is 10. The Morgan fingerprint density at radius 3 is 2.21 bits per heavy atom. The molecule has 0 unspecified atom stereocenters. The lowest BCUT2D eigenvalue weighted by molar-refractivity contribution is 0.302. The number of hydrogen-bond acceptors (Lipinski definition) is 3. The Hall–Kier alpha value is -1.22. The number of rotatable bonds is 18. The van der Waals surface area contributed by atoms with Crippen LogP contribution in [0, 0.1) is 0 Å². The van der Waals surface area contributed by atoms with Crippen LogP contribution in [0.4, 0.5) is 0 Å². The van der Waals surface area contributed by atoms with E-state index in [-0.39, 0.29) is 0 Å². The van der Waals surface area contributed by atoms with Crippen LogP contribution in [0.2, 0.25) is 0 Å². The summed E-state index contributed by atoms with van der Waals surface area (Å²) in [7, 11) is 0. The van der Waals surface area contributed by atoms with E-state index in [1.165, 1.54) is 95.6 Å². The van der Waals surface area contributed by atoms with Crippen molar-refractivity contribution >= 4 is 0 Å². The molecular weight excluding hydrogens is 346 g/mol. The Kier molecular flexibility index (Phi) is 12.1. The molecule has 0 saturated heterocycles. The summed E-state index contributed by atoms with van der Waals surface area (Å²) in [6.07, 6.45) is 19.4. The molecule has 160 valence electrons. The van der Waals surface area contributed by atoms with E-state index in [9.17, 15) is 5.11 Å². The van der Waals surface area contributed by atoms with E-state index in [0.29, 0.717) is 5.75 Å². The van der Waals surface area contributed by atoms with Gasteiger partial charge in [-0.05, 0) is 62.8 Å². The molecule has 0 spiro atoms. The summed E-state index contributed by atoms with van der Waals surface area (Å²) >= 11 is 0. The third-order valence-electron chi connectivity index (χ3n) is 5.62. The van der Waals surface area contributed by atoms with Crippen molar-refractivity contribution in [3.63, 3.8) is 0 Å². The van der Waals surface area contributed by atoms with Crippen molar-refractivity contribution in [2.24, 2.45) is 0 Å². The van der Waals surface area contributed by atoms with Crippen LogP contribution in [0.1, 0.15) is 102 Å². The van der Waals surface area contributed by atoms with Gasteiger partial charge >= 0.3 is 0 Å². The van der Waals surface area contributed by atoms with Crippen LogP contribution in [-0.2, 0) is 6.42 Å². The summed E-state index contributed by atoms with van der Waals surface area (Å²) in [4.78, 5) is 0. The Morgan fingerprint density at radius 2 is 1.54 bits per heavy atom. The SMILES string of the molecule is CCCCCc1cc(O)cc(OCCCCCCCCCCCNC2CC2)c1. The number of aromatic hydroxyl groups is 1. The molecule has 1 aromatic carbocycles. The molecule has 1 fully saturated rings. The van der Waals surface area contributed by atoms with Crippen LogP contribution in [-0.4, -0.2) is 24.3 Å². The van der Waals surface area contributed by atoms with Crippen molar-refractivity contribution in [2.45, 2.75) is 109 Å². The first kappa shape index (κ1) is 23.1. The quantitative estimate of drug-likeness (QED) is 0.272. The summed E-state index contributed by atoms with van der Waals surface area (Å²) < 4.78 is 5.87. The van der Waals surface area contributed by atoms with Crippen molar-refractivity contribution in [3.8, 4) is 11.5 Å². The van der Waals surface area contributed by atoms with Gasteiger partial charge < -0.3 is 15.2 Å². The zero-order valence-electron chi connectivity index (χ0n) is 18.2. The van der Waals surface area contributed by atoms with Crippen LogP contribution in [0.25, 0.3) is 0 Å². The van der Waals surface area contributed by atoms with E-state index in [2.05, 4.69) is 18.3 Å². The van der Waals surface area contributed by atoms with Gasteiger partial charge in [-0.2, -0.15) is 0 Å². The van der Waals surface area contributed by atoms with Gasteiger partial charge in [-0.1, -0.05) is 64.7 Å². The highest BCUT2D eigenvalue weighted by Gasteiger charge is 2.19. The van der Waals surface area contributed by atoms with E-state index < -0.39 is 0 Å². The number of benzene rings is 1. The number of aryl methyl sites for hydroxylation is 1. The molecule has 2 N–H and O–H groups in total. The minimum atomic E-state index is 0.326. The minimum Gasteiger partial charge on any atom is -0.508 e. The Bertz CT molecular complexity index is 513. The maximum Gasteiger partial charge on any atom is 0.123 e. The number of ether oxygens (including phenoxy) is 1. The molecule has 0 amide bonds. The highest BCUT2D eigenvalue weighted by molar-refractivity contribution is 5.37. The number of phenolic OH excluding ortho intramolecular Hbond substituents is 1. The van der Waals surface area contributed by atoms with Gasteiger partial charge in [0.05, 0.1) is 6.61 Å². The van der Waals surface area contributed by atoms with Crippen LogP contribution < -0.4 is 10.1 Å². The minimum absolute atomic E-state index is 0.326. The summed E-state index contributed by atoms with van der Waals surface area (Å²) in [6, 6.07) is 6.56. The topological polar surface area (TPSA) is 41.5 Å². The summed E-state index contributed by atoms with van der Waals surface area (Å²) in [6.45, 7) is 4.20. The second kappa shape index (κ2) is 14.7. The average Bonchev–Trinajstić information content (AvgIpc) is 3.50. The fourth-order valence-corrected chi connectivity index (χ4v) is 3.70. The van der Waals surface area contributed by atoms with Crippen molar-refractivity contribution in [1.82, 2.24) is 5.32 Å². The van der Waals surface area contributed by atoms with Gasteiger partial charge in [0.1, 0.15) is 11.5 Å². The smallest absolute Gasteiger partial charge is 0.123 e. The zero-order chi connectivity index (χ0) is 19.9. The molecule has 3 nitrogen and oxygen atoms in total. The van der Waals surface area contributed by atoms with Gasteiger partial charge in [-0.3, -0.25) is 0 Å². The first-order chi connectivity index (χ1) is 13.8. The van der Waals surface area contributed by atoms with E-state index >= 15 is 0 Å². The fraction of sp³-hybridized carbons (Fsp3) is 0.760. The second-order valence-electron chi connectivity index (χ2n) is 8.55. The highest BCUT2D eigenvalue weighted by atomic mass is 16.5. The van der Waals surface area contributed by atoms with Crippen molar-refractivity contribution in [2.75, 3.05) is 13.2 Å². The standard InChI is InChI=1S/C25H43NO2/c1-2-3-11-14-22-19-24(27)21-25(20-22)28-18-13-10-8-6-4-5-7-9-12-17-26-23-15-16-23/h19-21,23,26-27H,2-18H2,1H3. The average molecular weight is 390 g/mol. The Labute approximate surface area is 173 Å². The maximum atomic E-state index is 9.89. The third kappa shape index (κ3) is 11.6. The molecule has 0 aromatic heterocycles. The van der Waals surface area contributed by atoms with Crippen LogP contribution in [0.5, 0.6) is 11.5 Å². The van der Waals surface area contributed by atoms with Crippen LogP contribution in [0.15, 0.2) is 18.2 Å². The lowest BCUT2D eigenvalue weighted by Crippen LogP contribution is -2.17. The molecule has 2 rings (SSSR count). The van der Waals surface area contributed by atoms with E-state index in [4.69, 9.17) is 4.74 Å². The molecule has 3 heteroatoms. The van der Waals surface area contributed by atoms with Crippen LogP contribution in [0.3, 0.4) is 0 Å². The number of hydrogen-bond donors (Lipinski definition) is 2. The normalized spacial score (nSPS) is 13.8. The molecule has 0 atom stereocenters. The largest absolute Gasteiger partial charge is 0.508 e. The summed E-state index contributed by atoms with van der Waals surface area (Å²) in [5.41, 5.74) is 1.19. The van der Waals surface area contributed by atoms with Gasteiger partial charge in [0.15, 0.2) is 0 Å². The first-order valence-electron chi connectivity index (χ1n) is 12.0. The van der Waals surface area contributed by atoms with Gasteiger partial charge in [-0.25, -0.2) is 0 Å². The molecule has 0 aliphatic heterocycles. The van der Waals surface area contributed by atoms with Gasteiger partial charge in [-0.15, -0.1) is 0 Å². The van der Waals surface area contributed by atoms with Crippen molar-refractivity contribution in [3.05, 3.63) is 23.8 Å². The molecular formula is C25H43NO2. The molecule has 0 heterocycles. The van der Waals surface area contributed by atoms with Gasteiger partial charge in [0.2, 0.25) is 0 Å². The van der Waals surface area contributed by atoms with E-state index in [0.717, 1.165) is 31.2 Å². The number of nitrogens with one attached hydrogen (secondary N) is 1. The Morgan fingerprint density at radius 1 is 0.857 bits per heavy atom. The second-order valence-corrected chi connectivity index (χ2v) is 8.55. The molecule has 1 aliphatic carbocycles. The lowest BCUT2D eigenvalue weighted by atomic mass is 10.1. The third-order valence-corrected chi connectivity index (χ3v) is 5.62. The molecule has 28 heavy (non-hydrogen) atoms. The van der Waals surface area contributed by atoms with E-state index in [1.54, 1.807) is 6.07 Å². The van der Waals surface area contributed by atoms with Crippen LogP contribution >= 0.6 is 0 Å². The molecule has 0 radical (unpaired) electrons. The monoisotopic (exact) mass is 389 g/mol. The predicted molar refractivity (Wildman–Crippen MR) is 119 cm³/mol. The highest BCUT2D eigenvalue weighted by Crippen LogP contribution is 2.23. The summed E-state index contributed by atoms with van der Waals surface area (Å²) in [5.74, 6) is 1.15. The van der Waals surface area contributed by atoms with Crippen molar-refractivity contribution in [1.29, 1.82) is 0 Å². The molecule has 1 aliphatic rings. The lowest BCUT2D eigenvalue weighted by Gasteiger charge is -2.09. The number of phenols is 1. The molecule has 1 saturated carbocycles. The van der Waals surface area contributed by atoms with Gasteiger partial charge in [0, 0.05) is 12.1 Å². The first-order valence-corrected chi connectivity index (χ1v) is 12.0.